The van der Waals surface area contributed by atoms with Gasteiger partial charge in [-0.25, -0.2) is 0 Å². The van der Waals surface area contributed by atoms with Gasteiger partial charge in [-0.05, 0) is 31.0 Å². The van der Waals surface area contributed by atoms with Gasteiger partial charge in [-0.15, -0.1) is 0 Å². The van der Waals surface area contributed by atoms with E-state index in [2.05, 4.69) is 10.6 Å². The highest BCUT2D eigenvalue weighted by Crippen LogP contribution is 2.33. The third kappa shape index (κ3) is 4.80. The molecular weight excluding hydrogens is 317 g/mol. The zero-order valence-corrected chi connectivity index (χ0v) is 12.7. The SMILES string of the molecule is O=C(CCNc1cc(C(F)(F)F)ccc1Cl)NC1CCCC1. The number of benzene rings is 1. The predicted molar refractivity (Wildman–Crippen MR) is 80.0 cm³/mol. The van der Waals surface area contributed by atoms with Gasteiger partial charge in [0.2, 0.25) is 5.91 Å². The zero-order valence-electron chi connectivity index (χ0n) is 12.0. The summed E-state index contributed by atoms with van der Waals surface area (Å²) in [5.74, 6) is -0.0949. The Bertz CT molecular complexity index is 528. The quantitative estimate of drug-likeness (QED) is 0.846. The van der Waals surface area contributed by atoms with E-state index in [1.165, 1.54) is 6.07 Å². The Kier molecular flexibility index (Phi) is 5.56. The molecule has 0 bridgehead atoms. The Hall–Kier alpha value is -1.43. The molecule has 1 aliphatic rings. The van der Waals surface area contributed by atoms with Crippen molar-refractivity contribution in [2.75, 3.05) is 11.9 Å². The van der Waals surface area contributed by atoms with E-state index in [4.69, 9.17) is 11.6 Å². The fraction of sp³-hybridized carbons (Fsp3) is 0.533. The predicted octanol–water partition coefficient (Wildman–Crippen LogP) is 4.22. The van der Waals surface area contributed by atoms with Crippen molar-refractivity contribution in [2.45, 2.75) is 44.3 Å². The Morgan fingerprint density at radius 1 is 1.27 bits per heavy atom. The Labute approximate surface area is 132 Å². The molecule has 2 rings (SSSR count). The van der Waals surface area contributed by atoms with Crippen molar-refractivity contribution in [1.29, 1.82) is 0 Å². The lowest BCUT2D eigenvalue weighted by atomic mass is 10.2. The summed E-state index contributed by atoms with van der Waals surface area (Å²) < 4.78 is 37.9. The molecule has 3 nitrogen and oxygen atoms in total. The van der Waals surface area contributed by atoms with Gasteiger partial charge in [0.1, 0.15) is 0 Å². The van der Waals surface area contributed by atoms with Gasteiger partial charge >= 0.3 is 6.18 Å². The summed E-state index contributed by atoms with van der Waals surface area (Å²) in [6.45, 7) is 0.236. The number of anilines is 1. The number of carbonyl (C=O) groups excluding carboxylic acids is 1. The van der Waals surface area contributed by atoms with Crippen LogP contribution in [-0.4, -0.2) is 18.5 Å². The summed E-state index contributed by atoms with van der Waals surface area (Å²) in [7, 11) is 0. The third-order valence-electron chi connectivity index (χ3n) is 3.68. The van der Waals surface area contributed by atoms with Crippen molar-refractivity contribution in [3.63, 3.8) is 0 Å². The lowest BCUT2D eigenvalue weighted by molar-refractivity contribution is -0.137. The van der Waals surface area contributed by atoms with E-state index in [1.54, 1.807) is 0 Å². The molecule has 0 aliphatic heterocycles. The van der Waals surface area contributed by atoms with Crippen LogP contribution in [0.15, 0.2) is 18.2 Å². The van der Waals surface area contributed by atoms with Gasteiger partial charge in [0.15, 0.2) is 0 Å². The largest absolute Gasteiger partial charge is 0.416 e. The molecule has 22 heavy (non-hydrogen) atoms. The molecular formula is C15H18ClF3N2O. The fourth-order valence-corrected chi connectivity index (χ4v) is 2.70. The molecule has 7 heteroatoms. The highest BCUT2D eigenvalue weighted by atomic mass is 35.5. The second kappa shape index (κ2) is 7.22. The number of nitrogens with one attached hydrogen (secondary N) is 2. The molecule has 1 aromatic carbocycles. The van der Waals surface area contributed by atoms with E-state index < -0.39 is 11.7 Å². The van der Waals surface area contributed by atoms with Gasteiger partial charge in [0.05, 0.1) is 16.3 Å². The van der Waals surface area contributed by atoms with E-state index in [1.807, 2.05) is 0 Å². The first-order valence-corrected chi connectivity index (χ1v) is 7.64. The van der Waals surface area contributed by atoms with Crippen LogP contribution >= 0.6 is 11.6 Å². The van der Waals surface area contributed by atoms with Crippen molar-refractivity contribution in [3.8, 4) is 0 Å². The van der Waals surface area contributed by atoms with Crippen molar-refractivity contribution >= 4 is 23.2 Å². The summed E-state index contributed by atoms with van der Waals surface area (Å²) in [4.78, 5) is 11.7. The topological polar surface area (TPSA) is 41.1 Å². The molecule has 0 saturated heterocycles. The van der Waals surface area contributed by atoms with Gasteiger partial charge in [0, 0.05) is 19.0 Å². The maximum Gasteiger partial charge on any atom is 0.416 e. The molecule has 1 aliphatic carbocycles. The summed E-state index contributed by atoms with van der Waals surface area (Å²) in [6, 6.07) is 3.33. The molecule has 0 unspecified atom stereocenters. The number of carbonyl (C=O) groups is 1. The monoisotopic (exact) mass is 334 g/mol. The highest BCUT2D eigenvalue weighted by Gasteiger charge is 2.30. The van der Waals surface area contributed by atoms with Crippen LogP contribution in [0.1, 0.15) is 37.7 Å². The minimum atomic E-state index is -4.42. The fourth-order valence-electron chi connectivity index (χ4n) is 2.52. The number of amides is 1. The smallest absolute Gasteiger partial charge is 0.383 e. The van der Waals surface area contributed by atoms with Crippen LogP contribution in [0.2, 0.25) is 5.02 Å². The van der Waals surface area contributed by atoms with Gasteiger partial charge in [-0.2, -0.15) is 13.2 Å². The van der Waals surface area contributed by atoms with E-state index in [0.717, 1.165) is 37.8 Å². The number of hydrogen-bond acceptors (Lipinski definition) is 2. The molecule has 1 saturated carbocycles. The number of halogens is 4. The lowest BCUT2D eigenvalue weighted by Crippen LogP contribution is -2.33. The third-order valence-corrected chi connectivity index (χ3v) is 4.01. The van der Waals surface area contributed by atoms with Gasteiger partial charge in [-0.3, -0.25) is 4.79 Å². The first kappa shape index (κ1) is 16.9. The average Bonchev–Trinajstić information content (AvgIpc) is 2.92. The first-order valence-electron chi connectivity index (χ1n) is 7.26. The summed E-state index contributed by atoms with van der Waals surface area (Å²) in [6.07, 6.45) is 0.0350. The maximum atomic E-state index is 12.6. The van der Waals surface area contributed by atoms with Crippen LogP contribution in [0.4, 0.5) is 18.9 Å². The summed E-state index contributed by atoms with van der Waals surface area (Å²) in [5, 5.41) is 5.91. The molecule has 1 amide bonds. The van der Waals surface area contributed by atoms with E-state index in [9.17, 15) is 18.0 Å². The van der Waals surface area contributed by atoms with Gasteiger partial charge in [0.25, 0.3) is 0 Å². The second-order valence-corrected chi connectivity index (χ2v) is 5.83. The van der Waals surface area contributed by atoms with Crippen LogP contribution in [0.3, 0.4) is 0 Å². The summed E-state index contributed by atoms with van der Waals surface area (Å²) >= 11 is 5.87. The normalized spacial score (nSPS) is 15.8. The molecule has 0 heterocycles. The van der Waals surface area contributed by atoms with Crippen LogP contribution in [0.25, 0.3) is 0 Å². The Morgan fingerprint density at radius 2 is 1.95 bits per heavy atom. The molecule has 0 atom stereocenters. The maximum absolute atomic E-state index is 12.6. The highest BCUT2D eigenvalue weighted by molar-refractivity contribution is 6.33. The lowest BCUT2D eigenvalue weighted by Gasteiger charge is -2.14. The molecule has 122 valence electrons. The van der Waals surface area contributed by atoms with E-state index >= 15 is 0 Å². The molecule has 2 N–H and O–H groups in total. The molecule has 0 radical (unpaired) electrons. The zero-order chi connectivity index (χ0) is 16.2. The standard InChI is InChI=1S/C15H18ClF3N2O/c16-12-6-5-10(15(17,18)19)9-13(12)20-8-7-14(22)21-11-3-1-2-4-11/h5-6,9,11,20H,1-4,7-8H2,(H,21,22). The van der Waals surface area contributed by atoms with Crippen molar-refractivity contribution in [3.05, 3.63) is 28.8 Å². The van der Waals surface area contributed by atoms with E-state index in [0.29, 0.717) is 0 Å². The van der Waals surface area contributed by atoms with Crippen LogP contribution in [0.5, 0.6) is 0 Å². The number of rotatable bonds is 5. The van der Waals surface area contributed by atoms with Crippen molar-refractivity contribution in [2.24, 2.45) is 0 Å². The summed E-state index contributed by atoms with van der Waals surface area (Å²) in [5.41, 5.74) is -0.583. The average molecular weight is 335 g/mol. The van der Waals surface area contributed by atoms with Gasteiger partial charge in [-0.1, -0.05) is 24.4 Å². The minimum Gasteiger partial charge on any atom is -0.383 e. The van der Waals surface area contributed by atoms with Crippen molar-refractivity contribution in [1.82, 2.24) is 5.32 Å². The molecule has 0 spiro atoms. The Morgan fingerprint density at radius 3 is 2.59 bits per heavy atom. The van der Waals surface area contributed by atoms with Crippen LogP contribution in [-0.2, 0) is 11.0 Å². The van der Waals surface area contributed by atoms with E-state index in [-0.39, 0.29) is 35.6 Å². The molecule has 1 aromatic rings. The second-order valence-electron chi connectivity index (χ2n) is 5.42. The van der Waals surface area contributed by atoms with Gasteiger partial charge < -0.3 is 10.6 Å². The molecule has 0 aromatic heterocycles. The van der Waals surface area contributed by atoms with Crippen LogP contribution < -0.4 is 10.6 Å². The number of hydrogen-bond donors (Lipinski definition) is 2. The van der Waals surface area contributed by atoms with Crippen LogP contribution in [0, 0.1) is 0 Å². The minimum absolute atomic E-state index is 0.0949. The Balaban J connectivity index is 1.84. The number of alkyl halides is 3. The first-order chi connectivity index (χ1) is 10.4. The molecule has 1 fully saturated rings. The van der Waals surface area contributed by atoms with Crippen molar-refractivity contribution < 1.29 is 18.0 Å².